The van der Waals surface area contributed by atoms with Gasteiger partial charge in [0.2, 0.25) is 0 Å². The summed E-state index contributed by atoms with van der Waals surface area (Å²) in [4.78, 5) is 11.2. The molecule has 0 unspecified atom stereocenters. The molecule has 1 saturated heterocycles. The van der Waals surface area contributed by atoms with Crippen molar-refractivity contribution < 1.29 is 10.0 Å². The number of carbonyl (C=O) groups excluding carboxylic acids is 1. The Labute approximate surface area is 92.4 Å². The normalized spacial score (nSPS) is 26.1. The lowest BCUT2D eigenvalue weighted by molar-refractivity contribution is -0.181. The smallest absolute Gasteiger partial charge is 0.262 e. The molecule has 1 amide bonds. The van der Waals surface area contributed by atoms with Crippen molar-refractivity contribution in [2.24, 2.45) is 0 Å². The summed E-state index contributed by atoms with van der Waals surface area (Å²) in [6.07, 6.45) is 0. The Kier molecular flexibility index (Phi) is 2.42. The number of hydrogen-bond acceptors (Lipinski definition) is 3. The Balaban J connectivity index is 2.38. The predicted octanol–water partition coefficient (Wildman–Crippen LogP) is 1.33. The van der Waals surface area contributed by atoms with Gasteiger partial charge in [0, 0.05) is 5.02 Å². The summed E-state index contributed by atoms with van der Waals surface area (Å²) in [7, 11) is 0. The van der Waals surface area contributed by atoms with Crippen LogP contribution in [-0.4, -0.2) is 22.7 Å². The molecule has 15 heavy (non-hydrogen) atoms. The van der Waals surface area contributed by atoms with Crippen LogP contribution in [0.3, 0.4) is 0 Å². The lowest BCUT2D eigenvalue weighted by Gasteiger charge is -2.30. The topological polar surface area (TPSA) is 52.6 Å². The Hall–Kier alpha value is -1.10. The van der Waals surface area contributed by atoms with Crippen LogP contribution in [0.5, 0.6) is 0 Å². The number of hydroxylamine groups is 2. The van der Waals surface area contributed by atoms with Gasteiger partial charge < -0.3 is 0 Å². The van der Waals surface area contributed by atoms with Crippen LogP contribution in [0, 0.1) is 0 Å². The molecule has 1 heterocycles. The van der Waals surface area contributed by atoms with Crippen molar-refractivity contribution in [3.05, 3.63) is 34.9 Å². The maximum atomic E-state index is 11.2. The van der Waals surface area contributed by atoms with Gasteiger partial charge in [-0.05, 0) is 24.6 Å². The molecule has 0 radical (unpaired) electrons. The molecular formula is C10H11ClN2O2. The van der Waals surface area contributed by atoms with Gasteiger partial charge in [0.1, 0.15) is 5.66 Å². The highest BCUT2D eigenvalue weighted by Crippen LogP contribution is 2.28. The van der Waals surface area contributed by atoms with Crippen molar-refractivity contribution in [2.45, 2.75) is 12.6 Å². The number of rotatable bonds is 1. The van der Waals surface area contributed by atoms with Crippen molar-refractivity contribution in [1.29, 1.82) is 0 Å². The minimum atomic E-state index is -0.859. The van der Waals surface area contributed by atoms with Gasteiger partial charge in [-0.3, -0.25) is 15.3 Å². The first-order valence-electron chi connectivity index (χ1n) is 4.57. The van der Waals surface area contributed by atoms with Crippen LogP contribution < -0.4 is 5.32 Å². The zero-order valence-corrected chi connectivity index (χ0v) is 8.95. The fourth-order valence-electron chi connectivity index (χ4n) is 1.65. The molecule has 0 bridgehead atoms. The molecule has 1 aliphatic rings. The highest BCUT2D eigenvalue weighted by Gasteiger charge is 2.42. The first-order chi connectivity index (χ1) is 7.04. The number of amides is 1. The third-order valence-electron chi connectivity index (χ3n) is 2.65. The average Bonchev–Trinajstić information content (AvgIpc) is 2.48. The number of benzene rings is 1. The Morgan fingerprint density at radius 2 is 2.07 bits per heavy atom. The van der Waals surface area contributed by atoms with E-state index in [-0.39, 0.29) is 12.5 Å². The second-order valence-electron chi connectivity index (χ2n) is 3.64. The molecule has 1 aromatic carbocycles. The molecule has 0 aliphatic carbocycles. The Morgan fingerprint density at radius 1 is 1.47 bits per heavy atom. The first-order valence-corrected chi connectivity index (χ1v) is 4.95. The minimum Gasteiger partial charge on any atom is -0.284 e. The summed E-state index contributed by atoms with van der Waals surface area (Å²) >= 11 is 5.77. The Morgan fingerprint density at radius 3 is 2.53 bits per heavy atom. The van der Waals surface area contributed by atoms with Gasteiger partial charge in [-0.1, -0.05) is 23.7 Å². The summed E-state index contributed by atoms with van der Waals surface area (Å²) < 4.78 is 0. The minimum absolute atomic E-state index is 0.135. The molecule has 4 nitrogen and oxygen atoms in total. The van der Waals surface area contributed by atoms with Gasteiger partial charge in [-0.25, -0.2) is 0 Å². The number of carbonyl (C=O) groups is 1. The maximum absolute atomic E-state index is 11.2. The predicted molar refractivity (Wildman–Crippen MR) is 55.4 cm³/mol. The van der Waals surface area contributed by atoms with Crippen LogP contribution in [0.2, 0.25) is 5.02 Å². The summed E-state index contributed by atoms with van der Waals surface area (Å²) in [5.74, 6) is -0.340. The molecule has 2 rings (SSSR count). The summed E-state index contributed by atoms with van der Waals surface area (Å²) in [6.45, 7) is 1.87. The molecular weight excluding hydrogens is 216 g/mol. The molecule has 1 atom stereocenters. The van der Waals surface area contributed by atoms with Crippen molar-refractivity contribution >= 4 is 17.5 Å². The van der Waals surface area contributed by atoms with Crippen LogP contribution in [0.25, 0.3) is 0 Å². The zero-order valence-electron chi connectivity index (χ0n) is 8.20. The van der Waals surface area contributed by atoms with Gasteiger partial charge in [0.25, 0.3) is 5.91 Å². The van der Waals surface area contributed by atoms with E-state index in [4.69, 9.17) is 11.6 Å². The molecule has 0 saturated carbocycles. The first kappa shape index (κ1) is 10.4. The lowest BCUT2D eigenvalue weighted by Crippen LogP contribution is -2.45. The van der Waals surface area contributed by atoms with Crippen LogP contribution >= 0.6 is 11.6 Å². The molecule has 80 valence electrons. The monoisotopic (exact) mass is 226 g/mol. The lowest BCUT2D eigenvalue weighted by atomic mass is 10.0. The molecule has 1 fully saturated rings. The van der Waals surface area contributed by atoms with Crippen molar-refractivity contribution in [1.82, 2.24) is 10.4 Å². The van der Waals surface area contributed by atoms with E-state index in [2.05, 4.69) is 5.32 Å². The molecule has 5 heteroatoms. The third kappa shape index (κ3) is 1.61. The Bertz CT molecular complexity index is 393. The van der Waals surface area contributed by atoms with Crippen molar-refractivity contribution in [2.75, 3.05) is 6.54 Å². The average molecular weight is 227 g/mol. The highest BCUT2D eigenvalue weighted by molar-refractivity contribution is 6.30. The summed E-state index contributed by atoms with van der Waals surface area (Å²) in [5, 5.41) is 13.9. The number of nitrogens with one attached hydrogen (secondary N) is 1. The molecule has 1 aliphatic heterocycles. The van der Waals surface area contributed by atoms with Gasteiger partial charge in [0.15, 0.2) is 0 Å². The van der Waals surface area contributed by atoms with E-state index in [9.17, 15) is 10.0 Å². The molecule has 0 spiro atoms. The summed E-state index contributed by atoms with van der Waals surface area (Å²) in [5.41, 5.74) is -0.0676. The fraction of sp³-hybridized carbons (Fsp3) is 0.300. The van der Waals surface area contributed by atoms with Crippen LogP contribution in [0.1, 0.15) is 12.5 Å². The van der Waals surface area contributed by atoms with Crippen LogP contribution in [0.15, 0.2) is 24.3 Å². The quantitative estimate of drug-likeness (QED) is 0.711. The van der Waals surface area contributed by atoms with Gasteiger partial charge in [-0.15, -0.1) is 0 Å². The van der Waals surface area contributed by atoms with Crippen molar-refractivity contribution in [3.63, 3.8) is 0 Å². The maximum Gasteiger partial charge on any atom is 0.262 e. The molecule has 2 N–H and O–H groups in total. The van der Waals surface area contributed by atoms with Crippen LogP contribution in [-0.2, 0) is 10.5 Å². The highest BCUT2D eigenvalue weighted by atomic mass is 35.5. The standard InChI is InChI=1S/C10H11ClN2O2/c1-10(12-6-9(14)13(10)15)7-2-4-8(11)5-3-7/h2-5,12,15H,6H2,1H3/t10-/m0/s1. The number of nitrogens with zero attached hydrogens (tertiary/aromatic N) is 1. The fourth-order valence-corrected chi connectivity index (χ4v) is 1.77. The van der Waals surface area contributed by atoms with E-state index in [1.54, 1.807) is 31.2 Å². The SMILES string of the molecule is C[C@]1(c2ccc(Cl)cc2)NCC(=O)N1O. The van der Waals surface area contributed by atoms with E-state index < -0.39 is 5.66 Å². The van der Waals surface area contributed by atoms with E-state index in [0.717, 1.165) is 10.6 Å². The van der Waals surface area contributed by atoms with Gasteiger partial charge in [-0.2, -0.15) is 5.06 Å². The van der Waals surface area contributed by atoms with Gasteiger partial charge >= 0.3 is 0 Å². The second kappa shape index (κ2) is 3.48. The zero-order chi connectivity index (χ0) is 11.1. The number of halogens is 1. The number of hydrogen-bond donors (Lipinski definition) is 2. The largest absolute Gasteiger partial charge is 0.284 e. The van der Waals surface area contributed by atoms with E-state index in [1.165, 1.54) is 0 Å². The summed E-state index contributed by atoms with van der Waals surface area (Å²) in [6, 6.07) is 7.00. The third-order valence-corrected chi connectivity index (χ3v) is 2.90. The van der Waals surface area contributed by atoms with E-state index in [1.807, 2.05) is 0 Å². The van der Waals surface area contributed by atoms with Crippen molar-refractivity contribution in [3.8, 4) is 0 Å². The van der Waals surface area contributed by atoms with Gasteiger partial charge in [0.05, 0.1) is 6.54 Å². The molecule has 0 aromatic heterocycles. The van der Waals surface area contributed by atoms with E-state index >= 15 is 0 Å². The molecule has 1 aromatic rings. The second-order valence-corrected chi connectivity index (χ2v) is 4.07. The van der Waals surface area contributed by atoms with Crippen LogP contribution in [0.4, 0.5) is 0 Å². The van der Waals surface area contributed by atoms with E-state index in [0.29, 0.717) is 5.02 Å².